The lowest BCUT2D eigenvalue weighted by molar-refractivity contribution is 0.117. The van der Waals surface area contributed by atoms with Crippen LogP contribution in [0.2, 0.25) is 0 Å². The predicted octanol–water partition coefficient (Wildman–Crippen LogP) is 1.55. The zero-order chi connectivity index (χ0) is 10.3. The van der Waals surface area contributed by atoms with Crippen molar-refractivity contribution in [3.8, 4) is 6.07 Å². The number of nitriles is 1. The zero-order valence-corrected chi connectivity index (χ0v) is 9.05. The minimum absolute atomic E-state index is 0.219. The monoisotopic (exact) mass is 184 g/mol. The summed E-state index contributed by atoms with van der Waals surface area (Å²) in [6, 6.07) is 2.27. The second-order valence-corrected chi connectivity index (χ2v) is 4.00. The molecule has 0 radical (unpaired) electrons. The van der Waals surface area contributed by atoms with Gasteiger partial charge in [0.2, 0.25) is 0 Å². The quantitative estimate of drug-likeness (QED) is 0.637. The van der Waals surface area contributed by atoms with Crippen LogP contribution in [0.1, 0.15) is 27.2 Å². The van der Waals surface area contributed by atoms with Crippen molar-refractivity contribution < 1.29 is 4.74 Å². The molecule has 0 fully saturated rings. The van der Waals surface area contributed by atoms with Gasteiger partial charge in [-0.25, -0.2) is 0 Å². The van der Waals surface area contributed by atoms with Crippen LogP contribution in [0.4, 0.5) is 0 Å². The van der Waals surface area contributed by atoms with Crippen LogP contribution < -0.4 is 5.32 Å². The molecule has 0 aliphatic rings. The second-order valence-electron chi connectivity index (χ2n) is 4.00. The molecule has 0 heterocycles. The molecule has 3 heteroatoms. The van der Waals surface area contributed by atoms with Crippen LogP contribution in [-0.2, 0) is 4.74 Å². The van der Waals surface area contributed by atoms with Crippen LogP contribution in [0.25, 0.3) is 0 Å². The van der Waals surface area contributed by atoms with Gasteiger partial charge in [0, 0.05) is 13.7 Å². The maximum absolute atomic E-state index is 8.75. The highest BCUT2D eigenvalue weighted by molar-refractivity contribution is 4.91. The van der Waals surface area contributed by atoms with E-state index >= 15 is 0 Å². The summed E-state index contributed by atoms with van der Waals surface area (Å²) >= 11 is 0. The average Bonchev–Trinajstić information content (AvgIpc) is 2.12. The summed E-state index contributed by atoms with van der Waals surface area (Å²) in [6.07, 6.45) is 1.12. The molecule has 0 aliphatic heterocycles. The van der Waals surface area contributed by atoms with Crippen molar-refractivity contribution in [2.24, 2.45) is 5.41 Å². The largest absolute Gasteiger partial charge is 0.380 e. The Bertz CT molecular complexity index is 172. The Kier molecular flexibility index (Phi) is 5.68. The molecule has 0 saturated heterocycles. The van der Waals surface area contributed by atoms with E-state index in [0.29, 0.717) is 0 Å². The van der Waals surface area contributed by atoms with E-state index in [-0.39, 0.29) is 11.5 Å². The van der Waals surface area contributed by atoms with E-state index in [1.54, 1.807) is 7.11 Å². The number of hydrogen-bond acceptors (Lipinski definition) is 3. The van der Waals surface area contributed by atoms with Gasteiger partial charge >= 0.3 is 0 Å². The maximum atomic E-state index is 8.75. The lowest BCUT2D eigenvalue weighted by Gasteiger charge is -2.16. The number of nitrogens with one attached hydrogen (secondary N) is 1. The zero-order valence-electron chi connectivity index (χ0n) is 9.05. The third-order valence-corrected chi connectivity index (χ3v) is 2.06. The molecule has 1 unspecified atom stereocenters. The van der Waals surface area contributed by atoms with Crippen LogP contribution in [-0.4, -0.2) is 26.3 Å². The Morgan fingerprint density at radius 1 is 1.54 bits per heavy atom. The molecule has 0 rings (SSSR count). The number of rotatable bonds is 6. The van der Waals surface area contributed by atoms with Crippen LogP contribution in [0.5, 0.6) is 0 Å². The summed E-state index contributed by atoms with van der Waals surface area (Å²) in [5, 5.41) is 12.0. The van der Waals surface area contributed by atoms with Gasteiger partial charge in [0.25, 0.3) is 0 Å². The Labute approximate surface area is 81.1 Å². The van der Waals surface area contributed by atoms with E-state index in [2.05, 4.69) is 11.4 Å². The molecule has 13 heavy (non-hydrogen) atoms. The summed E-state index contributed by atoms with van der Waals surface area (Å²) in [7, 11) is 1.70. The van der Waals surface area contributed by atoms with Crippen molar-refractivity contribution in [1.29, 1.82) is 5.26 Å². The van der Waals surface area contributed by atoms with E-state index < -0.39 is 0 Å². The first kappa shape index (κ1) is 12.4. The SMILES string of the molecule is COC(C)CNCCC(C)(C)C#N. The number of hydrogen-bond donors (Lipinski definition) is 1. The Morgan fingerprint density at radius 3 is 2.62 bits per heavy atom. The molecule has 0 aromatic carbocycles. The third kappa shape index (κ3) is 6.56. The van der Waals surface area contributed by atoms with E-state index in [1.165, 1.54) is 0 Å². The second kappa shape index (κ2) is 5.95. The maximum Gasteiger partial charge on any atom is 0.0684 e. The minimum Gasteiger partial charge on any atom is -0.380 e. The highest BCUT2D eigenvalue weighted by atomic mass is 16.5. The van der Waals surface area contributed by atoms with Crippen molar-refractivity contribution >= 4 is 0 Å². The van der Waals surface area contributed by atoms with Gasteiger partial charge in [0.05, 0.1) is 17.6 Å². The predicted molar refractivity (Wildman–Crippen MR) is 53.4 cm³/mol. The molecule has 0 aromatic heterocycles. The topological polar surface area (TPSA) is 45.0 Å². The van der Waals surface area contributed by atoms with Crippen LogP contribution in [0.15, 0.2) is 0 Å². The first-order valence-electron chi connectivity index (χ1n) is 4.66. The van der Waals surface area contributed by atoms with E-state index in [4.69, 9.17) is 10.00 Å². The molecule has 0 aliphatic carbocycles. The van der Waals surface area contributed by atoms with Gasteiger partial charge in [-0.1, -0.05) is 0 Å². The Hall–Kier alpha value is -0.590. The number of methoxy groups -OCH3 is 1. The highest BCUT2D eigenvalue weighted by Gasteiger charge is 2.15. The Morgan fingerprint density at radius 2 is 2.15 bits per heavy atom. The van der Waals surface area contributed by atoms with E-state index in [9.17, 15) is 0 Å². The first-order chi connectivity index (χ1) is 6.02. The van der Waals surface area contributed by atoms with Gasteiger partial charge in [-0.15, -0.1) is 0 Å². The molecule has 3 nitrogen and oxygen atoms in total. The van der Waals surface area contributed by atoms with Crippen molar-refractivity contribution in [2.75, 3.05) is 20.2 Å². The molecule has 76 valence electrons. The molecule has 0 spiro atoms. The van der Waals surface area contributed by atoms with Gasteiger partial charge in [-0.2, -0.15) is 5.26 Å². The van der Waals surface area contributed by atoms with Crippen LogP contribution in [0.3, 0.4) is 0 Å². The van der Waals surface area contributed by atoms with Crippen molar-refractivity contribution in [3.63, 3.8) is 0 Å². The summed E-state index contributed by atoms with van der Waals surface area (Å²) in [5.74, 6) is 0. The molecular weight excluding hydrogens is 164 g/mol. The summed E-state index contributed by atoms with van der Waals surface area (Å²) in [6.45, 7) is 7.64. The molecular formula is C10H20N2O. The molecule has 0 amide bonds. The van der Waals surface area contributed by atoms with Crippen molar-refractivity contribution in [3.05, 3.63) is 0 Å². The summed E-state index contributed by atoms with van der Waals surface area (Å²) in [4.78, 5) is 0. The van der Waals surface area contributed by atoms with Gasteiger partial charge in [-0.3, -0.25) is 0 Å². The minimum atomic E-state index is -0.219. The normalized spacial score (nSPS) is 13.8. The van der Waals surface area contributed by atoms with Crippen molar-refractivity contribution in [2.45, 2.75) is 33.3 Å². The smallest absolute Gasteiger partial charge is 0.0684 e. The van der Waals surface area contributed by atoms with Gasteiger partial charge < -0.3 is 10.1 Å². The van der Waals surface area contributed by atoms with Gasteiger partial charge in [0.15, 0.2) is 0 Å². The highest BCUT2D eigenvalue weighted by Crippen LogP contribution is 2.16. The third-order valence-electron chi connectivity index (χ3n) is 2.06. The van der Waals surface area contributed by atoms with Gasteiger partial charge in [-0.05, 0) is 33.7 Å². The lowest BCUT2D eigenvalue weighted by Crippen LogP contribution is -2.29. The fourth-order valence-electron chi connectivity index (χ4n) is 0.845. The van der Waals surface area contributed by atoms with E-state index in [0.717, 1.165) is 19.5 Å². The van der Waals surface area contributed by atoms with Gasteiger partial charge in [0.1, 0.15) is 0 Å². The fraction of sp³-hybridized carbons (Fsp3) is 0.900. The summed E-state index contributed by atoms with van der Waals surface area (Å²) < 4.78 is 5.08. The molecule has 0 bridgehead atoms. The standard InChI is InChI=1S/C10H20N2O/c1-9(13-4)7-12-6-5-10(2,3)8-11/h9,12H,5-7H2,1-4H3. The average molecular weight is 184 g/mol. The fourth-order valence-corrected chi connectivity index (χ4v) is 0.845. The summed E-state index contributed by atoms with van der Waals surface area (Å²) in [5.41, 5.74) is -0.219. The molecule has 0 aromatic rings. The number of ether oxygens (including phenoxy) is 1. The van der Waals surface area contributed by atoms with Crippen LogP contribution >= 0.6 is 0 Å². The van der Waals surface area contributed by atoms with Crippen molar-refractivity contribution in [1.82, 2.24) is 5.32 Å². The van der Waals surface area contributed by atoms with Crippen LogP contribution in [0, 0.1) is 16.7 Å². The van der Waals surface area contributed by atoms with E-state index in [1.807, 2.05) is 20.8 Å². The molecule has 1 atom stereocenters. The molecule has 1 N–H and O–H groups in total. The number of nitrogens with zero attached hydrogens (tertiary/aromatic N) is 1. The molecule has 0 saturated carbocycles. The lowest BCUT2D eigenvalue weighted by atomic mass is 9.91. The Balaban J connectivity index is 3.42. The first-order valence-corrected chi connectivity index (χ1v) is 4.66.